The zero-order valence-electron chi connectivity index (χ0n) is 23.3. The second-order valence-corrected chi connectivity index (χ2v) is 10.8. The molecule has 7 rings (SSSR count). The fourth-order valence-electron chi connectivity index (χ4n) is 6.05. The highest BCUT2D eigenvalue weighted by atomic mass is 16.2. The summed E-state index contributed by atoms with van der Waals surface area (Å²) in [6.07, 6.45) is 0. The van der Waals surface area contributed by atoms with Crippen molar-refractivity contribution in [3.05, 3.63) is 150 Å². The number of rotatable bonds is 6. The molecule has 206 valence electrons. The van der Waals surface area contributed by atoms with Gasteiger partial charge in [-0.15, -0.1) is 0 Å². The molecule has 0 bridgehead atoms. The van der Waals surface area contributed by atoms with Crippen LogP contribution in [0.15, 0.2) is 133 Å². The predicted molar refractivity (Wildman–Crippen MR) is 165 cm³/mol. The summed E-state index contributed by atoms with van der Waals surface area (Å²) in [5.41, 5.74) is 7.49. The molecule has 6 nitrogen and oxygen atoms in total. The molecule has 2 aromatic heterocycles. The molecule has 1 saturated heterocycles. The highest BCUT2D eigenvalue weighted by molar-refractivity contribution is 5.93. The van der Waals surface area contributed by atoms with Crippen LogP contribution in [0.1, 0.15) is 27.7 Å². The van der Waals surface area contributed by atoms with E-state index < -0.39 is 0 Å². The molecule has 0 radical (unpaired) electrons. The van der Waals surface area contributed by atoms with Crippen LogP contribution in [0.5, 0.6) is 0 Å². The van der Waals surface area contributed by atoms with E-state index in [4.69, 9.17) is 10.1 Å². The minimum atomic E-state index is -0.0456. The Morgan fingerprint density at radius 3 is 1.76 bits per heavy atom. The predicted octanol–water partition coefficient (Wildman–Crippen LogP) is 5.19. The molecular formula is C36H32N5O+. The maximum atomic E-state index is 13.8. The summed E-state index contributed by atoms with van der Waals surface area (Å²) < 4.78 is 1.80. The molecule has 1 fully saturated rings. The van der Waals surface area contributed by atoms with E-state index in [1.54, 1.807) is 4.52 Å². The number of nitrogens with zero attached hydrogens (tertiary/aromatic N) is 4. The molecule has 6 heteroatoms. The van der Waals surface area contributed by atoms with Crippen molar-refractivity contribution in [1.82, 2.24) is 19.5 Å². The number of benzene rings is 4. The molecule has 3 heterocycles. The van der Waals surface area contributed by atoms with Crippen LogP contribution in [0.4, 0.5) is 0 Å². The number of nitrogens with one attached hydrogen (secondary N) is 1. The first-order valence-electron chi connectivity index (χ1n) is 14.5. The lowest BCUT2D eigenvalue weighted by atomic mass is 9.96. The third-order valence-electron chi connectivity index (χ3n) is 8.15. The number of amides is 1. The number of piperazine rings is 1. The molecule has 6 aromatic rings. The van der Waals surface area contributed by atoms with Crippen LogP contribution in [0.2, 0.25) is 0 Å². The molecule has 0 aliphatic carbocycles. The second kappa shape index (κ2) is 11.4. The van der Waals surface area contributed by atoms with Crippen molar-refractivity contribution < 1.29 is 9.69 Å². The van der Waals surface area contributed by atoms with Gasteiger partial charge in [-0.05, 0) is 6.07 Å². The van der Waals surface area contributed by atoms with Crippen molar-refractivity contribution in [3.63, 3.8) is 0 Å². The average Bonchev–Trinajstić information content (AvgIpc) is 3.51. The molecule has 42 heavy (non-hydrogen) atoms. The molecule has 1 amide bonds. The van der Waals surface area contributed by atoms with Crippen molar-refractivity contribution >= 4 is 11.6 Å². The molecule has 0 atom stereocenters. The van der Waals surface area contributed by atoms with E-state index in [-0.39, 0.29) is 11.9 Å². The number of hydrogen-bond acceptors (Lipinski definition) is 3. The first kappa shape index (κ1) is 25.9. The van der Waals surface area contributed by atoms with Gasteiger partial charge in [0, 0.05) is 28.3 Å². The third kappa shape index (κ3) is 5.08. The van der Waals surface area contributed by atoms with E-state index in [1.165, 1.54) is 16.0 Å². The van der Waals surface area contributed by atoms with Gasteiger partial charge < -0.3 is 9.80 Å². The normalized spacial score (nSPS) is 14.0. The van der Waals surface area contributed by atoms with Crippen LogP contribution >= 0.6 is 0 Å². The first-order chi connectivity index (χ1) is 20.7. The molecule has 0 saturated carbocycles. The highest BCUT2D eigenvalue weighted by Gasteiger charge is 2.32. The molecular weight excluding hydrogens is 518 g/mol. The summed E-state index contributed by atoms with van der Waals surface area (Å²) in [6.45, 7) is 3.07. The summed E-state index contributed by atoms with van der Waals surface area (Å²) in [5.74, 6) is -0.0456. The zero-order chi connectivity index (χ0) is 28.3. The summed E-state index contributed by atoms with van der Waals surface area (Å²) in [7, 11) is 0. The van der Waals surface area contributed by atoms with E-state index in [0.717, 1.165) is 35.6 Å². The monoisotopic (exact) mass is 550 g/mol. The van der Waals surface area contributed by atoms with Crippen LogP contribution in [-0.2, 0) is 0 Å². The number of quaternary nitrogens is 1. The third-order valence-corrected chi connectivity index (χ3v) is 8.15. The van der Waals surface area contributed by atoms with E-state index in [1.807, 2.05) is 53.4 Å². The van der Waals surface area contributed by atoms with Crippen molar-refractivity contribution in [2.24, 2.45) is 0 Å². The lowest BCUT2D eigenvalue weighted by Gasteiger charge is -2.36. The van der Waals surface area contributed by atoms with Crippen molar-refractivity contribution in [2.75, 3.05) is 26.2 Å². The van der Waals surface area contributed by atoms with Gasteiger partial charge in [0.05, 0.1) is 37.6 Å². The van der Waals surface area contributed by atoms with Crippen molar-refractivity contribution in [2.45, 2.75) is 6.04 Å². The van der Waals surface area contributed by atoms with Gasteiger partial charge in [-0.25, -0.2) is 9.50 Å². The Morgan fingerprint density at radius 1 is 0.667 bits per heavy atom. The minimum absolute atomic E-state index is 0.0456. The van der Waals surface area contributed by atoms with E-state index >= 15 is 0 Å². The molecule has 4 aromatic carbocycles. The lowest BCUT2D eigenvalue weighted by Crippen LogP contribution is -3.15. The van der Waals surface area contributed by atoms with Crippen LogP contribution in [0, 0.1) is 0 Å². The van der Waals surface area contributed by atoms with Crippen molar-refractivity contribution in [3.8, 4) is 22.5 Å². The number of carbonyl (C=O) groups is 1. The van der Waals surface area contributed by atoms with Crippen LogP contribution in [0.25, 0.3) is 28.2 Å². The van der Waals surface area contributed by atoms with Gasteiger partial charge in [0.15, 0.2) is 11.3 Å². The van der Waals surface area contributed by atoms with Gasteiger partial charge >= 0.3 is 0 Å². The fourth-order valence-corrected chi connectivity index (χ4v) is 6.05. The van der Waals surface area contributed by atoms with E-state index in [0.29, 0.717) is 24.4 Å². The van der Waals surface area contributed by atoms with Crippen molar-refractivity contribution in [1.29, 1.82) is 0 Å². The Labute approximate surface area is 245 Å². The molecule has 1 N–H and O–H groups in total. The van der Waals surface area contributed by atoms with Gasteiger partial charge in [-0.2, -0.15) is 5.10 Å². The van der Waals surface area contributed by atoms with Gasteiger partial charge in [0.25, 0.3) is 5.91 Å². The zero-order valence-corrected chi connectivity index (χ0v) is 23.3. The minimum Gasteiger partial charge on any atom is -0.326 e. The van der Waals surface area contributed by atoms with E-state index in [9.17, 15) is 4.79 Å². The van der Waals surface area contributed by atoms with Crippen LogP contribution < -0.4 is 4.90 Å². The van der Waals surface area contributed by atoms with Gasteiger partial charge in [-0.3, -0.25) is 4.79 Å². The second-order valence-electron chi connectivity index (χ2n) is 10.8. The quantitative estimate of drug-likeness (QED) is 0.311. The highest BCUT2D eigenvalue weighted by Crippen LogP contribution is 2.27. The first-order valence-corrected chi connectivity index (χ1v) is 14.5. The van der Waals surface area contributed by atoms with Crippen LogP contribution in [0.3, 0.4) is 0 Å². The maximum Gasteiger partial charge on any atom is 0.274 e. The van der Waals surface area contributed by atoms with Gasteiger partial charge in [0.1, 0.15) is 6.04 Å². The Kier molecular flexibility index (Phi) is 7.04. The topological polar surface area (TPSA) is 54.9 Å². The summed E-state index contributed by atoms with van der Waals surface area (Å²) in [4.78, 5) is 22.1. The Morgan fingerprint density at radius 2 is 1.19 bits per heavy atom. The number of fused-ring (bicyclic) bond motifs is 1. The number of carbonyl (C=O) groups excluding carboxylic acids is 1. The molecule has 1 aliphatic heterocycles. The maximum absolute atomic E-state index is 13.8. The lowest BCUT2D eigenvalue weighted by molar-refractivity contribution is -0.929. The smallest absolute Gasteiger partial charge is 0.274 e. The fraction of sp³-hybridized carbons (Fsp3) is 0.139. The van der Waals surface area contributed by atoms with Gasteiger partial charge in [-0.1, -0.05) is 121 Å². The Bertz CT molecular complexity index is 1760. The Balaban J connectivity index is 1.17. The number of hydrogen-bond donors (Lipinski definition) is 1. The summed E-state index contributed by atoms with van der Waals surface area (Å²) in [6, 6.07) is 45.8. The average molecular weight is 551 g/mol. The van der Waals surface area contributed by atoms with E-state index in [2.05, 4.69) is 84.9 Å². The Hall–Kier alpha value is -5.07. The SMILES string of the molecule is O=C(c1cc2nc(-c3ccccc3)cc(-c3ccccc3)n2n1)N1CC[NH+](C(c2ccccc2)c2ccccc2)CC1. The largest absolute Gasteiger partial charge is 0.326 e. The van der Waals surface area contributed by atoms with Gasteiger partial charge in [0.2, 0.25) is 0 Å². The number of aromatic nitrogens is 3. The molecule has 1 aliphatic rings. The molecule has 0 unspecified atom stereocenters. The summed E-state index contributed by atoms with van der Waals surface area (Å²) in [5, 5.41) is 4.80. The summed E-state index contributed by atoms with van der Waals surface area (Å²) >= 11 is 0. The van der Waals surface area contributed by atoms with Crippen LogP contribution in [-0.4, -0.2) is 51.6 Å². The standard InChI is InChI=1S/C36H31N5O/c42-36(40-23-21-39(22-24-40)35(29-17-9-3-10-18-29)30-19-11-4-12-20-30)32-26-34-37-31(27-13-5-1-6-14-27)25-33(41(34)38-32)28-15-7-2-8-16-28/h1-20,25-26,35H,21-24H2/p+1. The molecule has 0 spiro atoms.